The number of rotatable bonds is 3. The smallest absolute Gasteiger partial charge is 0.269 e. The third-order valence-electron chi connectivity index (χ3n) is 2.39. The largest absolute Gasteiger partial charge is 0.344 e. The predicted molar refractivity (Wildman–Crippen MR) is 60.9 cm³/mol. The Balaban J connectivity index is 2.03. The lowest BCUT2D eigenvalue weighted by molar-refractivity contribution is 0.0935. The van der Waals surface area contributed by atoms with Gasteiger partial charge in [-0.15, -0.1) is 0 Å². The number of nitrogens with one attached hydrogen (secondary N) is 2. The summed E-state index contributed by atoms with van der Waals surface area (Å²) in [4.78, 5) is 11.7. The van der Waals surface area contributed by atoms with Crippen LogP contribution in [0.1, 0.15) is 29.0 Å². The second-order valence-electron chi connectivity index (χ2n) is 3.58. The van der Waals surface area contributed by atoms with Crippen LogP contribution in [0.3, 0.4) is 0 Å². The molecular weight excluding hydrogens is 202 g/mol. The van der Waals surface area contributed by atoms with Crippen molar-refractivity contribution in [1.82, 2.24) is 15.5 Å². The number of nitrogens with zero attached hydrogens (tertiary/aromatic N) is 1. The van der Waals surface area contributed by atoms with E-state index in [-0.39, 0.29) is 11.9 Å². The first-order valence-corrected chi connectivity index (χ1v) is 5.12. The molecule has 0 fully saturated rings. The molecule has 0 aliphatic carbocycles. The van der Waals surface area contributed by atoms with Crippen molar-refractivity contribution in [3.8, 4) is 0 Å². The molecule has 2 rings (SSSR count). The third kappa shape index (κ3) is 2.28. The van der Waals surface area contributed by atoms with E-state index in [2.05, 4.69) is 15.5 Å². The van der Waals surface area contributed by atoms with E-state index >= 15 is 0 Å². The Hall–Kier alpha value is -2.10. The molecule has 0 spiro atoms. The number of aromatic amines is 1. The molecule has 1 aromatic heterocycles. The Bertz CT molecular complexity index is 450. The van der Waals surface area contributed by atoms with Gasteiger partial charge in [-0.3, -0.25) is 9.89 Å². The SMILES string of the molecule is C[C@@H](NC(=O)c1ccn[nH]1)c1ccccc1. The number of aromatic nitrogens is 2. The van der Waals surface area contributed by atoms with E-state index in [0.717, 1.165) is 5.56 Å². The zero-order chi connectivity index (χ0) is 11.4. The van der Waals surface area contributed by atoms with Gasteiger partial charge in [0.2, 0.25) is 0 Å². The van der Waals surface area contributed by atoms with E-state index in [1.807, 2.05) is 37.3 Å². The summed E-state index contributed by atoms with van der Waals surface area (Å²) >= 11 is 0. The van der Waals surface area contributed by atoms with Crippen LogP contribution in [-0.4, -0.2) is 16.1 Å². The number of benzene rings is 1. The maximum atomic E-state index is 11.7. The van der Waals surface area contributed by atoms with Crippen LogP contribution in [0.2, 0.25) is 0 Å². The summed E-state index contributed by atoms with van der Waals surface area (Å²) in [6.45, 7) is 1.95. The monoisotopic (exact) mass is 215 g/mol. The Labute approximate surface area is 93.7 Å². The Morgan fingerprint density at radius 3 is 2.69 bits per heavy atom. The van der Waals surface area contributed by atoms with Gasteiger partial charge in [-0.25, -0.2) is 0 Å². The van der Waals surface area contributed by atoms with Crippen LogP contribution in [0.5, 0.6) is 0 Å². The summed E-state index contributed by atoms with van der Waals surface area (Å²) < 4.78 is 0. The van der Waals surface area contributed by atoms with E-state index in [1.54, 1.807) is 12.3 Å². The van der Waals surface area contributed by atoms with Crippen molar-refractivity contribution in [2.75, 3.05) is 0 Å². The van der Waals surface area contributed by atoms with Crippen molar-refractivity contribution in [1.29, 1.82) is 0 Å². The zero-order valence-electron chi connectivity index (χ0n) is 8.97. The summed E-state index contributed by atoms with van der Waals surface area (Å²) in [5.41, 5.74) is 1.55. The topological polar surface area (TPSA) is 57.8 Å². The predicted octanol–water partition coefficient (Wildman–Crippen LogP) is 1.90. The number of H-pyrrole nitrogens is 1. The van der Waals surface area contributed by atoms with Crippen LogP contribution in [0.15, 0.2) is 42.6 Å². The molecule has 0 aliphatic rings. The van der Waals surface area contributed by atoms with Gasteiger partial charge in [-0.05, 0) is 18.6 Å². The van der Waals surface area contributed by atoms with Crippen LogP contribution in [0.4, 0.5) is 0 Å². The quantitative estimate of drug-likeness (QED) is 0.821. The van der Waals surface area contributed by atoms with E-state index in [4.69, 9.17) is 0 Å². The minimum atomic E-state index is -0.145. The first-order valence-electron chi connectivity index (χ1n) is 5.12. The van der Waals surface area contributed by atoms with E-state index in [1.165, 1.54) is 0 Å². The molecule has 1 amide bonds. The first kappa shape index (κ1) is 10.4. The highest BCUT2D eigenvalue weighted by Crippen LogP contribution is 2.11. The molecular formula is C12H13N3O. The fraction of sp³-hybridized carbons (Fsp3) is 0.167. The summed E-state index contributed by atoms with van der Waals surface area (Å²) in [7, 11) is 0. The van der Waals surface area contributed by atoms with Gasteiger partial charge >= 0.3 is 0 Å². The number of carbonyl (C=O) groups is 1. The molecule has 1 atom stereocenters. The second kappa shape index (κ2) is 4.61. The summed E-state index contributed by atoms with van der Waals surface area (Å²) in [6, 6.07) is 11.5. The number of hydrogen-bond acceptors (Lipinski definition) is 2. The van der Waals surface area contributed by atoms with Crippen molar-refractivity contribution in [3.05, 3.63) is 53.9 Å². The van der Waals surface area contributed by atoms with E-state index in [0.29, 0.717) is 5.69 Å². The molecule has 1 aromatic carbocycles. The maximum absolute atomic E-state index is 11.7. The second-order valence-corrected chi connectivity index (χ2v) is 3.58. The van der Waals surface area contributed by atoms with Crippen molar-refractivity contribution in [2.45, 2.75) is 13.0 Å². The minimum absolute atomic E-state index is 0.0167. The van der Waals surface area contributed by atoms with Crippen molar-refractivity contribution in [2.24, 2.45) is 0 Å². The lowest BCUT2D eigenvalue weighted by Gasteiger charge is -2.13. The molecule has 4 heteroatoms. The molecule has 0 saturated heterocycles. The van der Waals surface area contributed by atoms with Gasteiger partial charge in [0, 0.05) is 6.20 Å². The fourth-order valence-electron chi connectivity index (χ4n) is 1.48. The maximum Gasteiger partial charge on any atom is 0.269 e. The Morgan fingerprint density at radius 1 is 1.31 bits per heavy atom. The normalized spacial score (nSPS) is 12.1. The molecule has 2 N–H and O–H groups in total. The number of hydrogen-bond donors (Lipinski definition) is 2. The van der Waals surface area contributed by atoms with Crippen molar-refractivity contribution < 1.29 is 4.79 Å². The zero-order valence-corrected chi connectivity index (χ0v) is 8.97. The Kier molecular flexibility index (Phi) is 3.00. The number of carbonyl (C=O) groups excluding carboxylic acids is 1. The average molecular weight is 215 g/mol. The lowest BCUT2D eigenvalue weighted by atomic mass is 10.1. The van der Waals surface area contributed by atoms with Crippen LogP contribution in [0, 0.1) is 0 Å². The fourth-order valence-corrected chi connectivity index (χ4v) is 1.48. The van der Waals surface area contributed by atoms with Crippen LogP contribution in [-0.2, 0) is 0 Å². The highest BCUT2D eigenvalue weighted by molar-refractivity contribution is 5.92. The van der Waals surface area contributed by atoms with Gasteiger partial charge in [-0.2, -0.15) is 5.10 Å². The highest BCUT2D eigenvalue weighted by atomic mass is 16.2. The van der Waals surface area contributed by atoms with Crippen LogP contribution in [0.25, 0.3) is 0 Å². The number of amides is 1. The molecule has 0 radical (unpaired) electrons. The van der Waals surface area contributed by atoms with Gasteiger partial charge in [-0.1, -0.05) is 30.3 Å². The summed E-state index contributed by atoms with van der Waals surface area (Å²) in [6.07, 6.45) is 1.56. The molecule has 0 unspecified atom stereocenters. The third-order valence-corrected chi connectivity index (χ3v) is 2.39. The van der Waals surface area contributed by atoms with Gasteiger partial charge in [0.15, 0.2) is 0 Å². The van der Waals surface area contributed by atoms with Crippen LogP contribution < -0.4 is 5.32 Å². The summed E-state index contributed by atoms with van der Waals surface area (Å²) in [5, 5.41) is 9.26. The van der Waals surface area contributed by atoms with Crippen molar-refractivity contribution in [3.63, 3.8) is 0 Å². The molecule has 4 nitrogen and oxygen atoms in total. The lowest BCUT2D eigenvalue weighted by Crippen LogP contribution is -2.26. The molecule has 0 bridgehead atoms. The molecule has 2 aromatic rings. The van der Waals surface area contributed by atoms with Crippen molar-refractivity contribution >= 4 is 5.91 Å². The molecule has 0 aliphatic heterocycles. The van der Waals surface area contributed by atoms with Gasteiger partial charge in [0.05, 0.1) is 6.04 Å². The Morgan fingerprint density at radius 2 is 2.06 bits per heavy atom. The standard InChI is InChI=1S/C12H13N3O/c1-9(10-5-3-2-4-6-10)14-12(16)11-7-8-13-15-11/h2-9H,1H3,(H,13,15)(H,14,16)/t9-/m1/s1. The first-order chi connectivity index (χ1) is 7.77. The average Bonchev–Trinajstić information content (AvgIpc) is 2.83. The van der Waals surface area contributed by atoms with Gasteiger partial charge in [0.25, 0.3) is 5.91 Å². The molecule has 82 valence electrons. The van der Waals surface area contributed by atoms with Crippen LogP contribution >= 0.6 is 0 Å². The van der Waals surface area contributed by atoms with E-state index < -0.39 is 0 Å². The molecule has 0 saturated carbocycles. The van der Waals surface area contributed by atoms with Gasteiger partial charge in [0.1, 0.15) is 5.69 Å². The summed E-state index contributed by atoms with van der Waals surface area (Å²) in [5.74, 6) is -0.145. The molecule has 16 heavy (non-hydrogen) atoms. The molecule has 1 heterocycles. The van der Waals surface area contributed by atoms with E-state index in [9.17, 15) is 4.79 Å². The minimum Gasteiger partial charge on any atom is -0.344 e. The highest BCUT2D eigenvalue weighted by Gasteiger charge is 2.11. The van der Waals surface area contributed by atoms with Gasteiger partial charge < -0.3 is 5.32 Å².